The molecule has 0 unspecified atom stereocenters. The van der Waals surface area contributed by atoms with Gasteiger partial charge >= 0.3 is 6.18 Å². The van der Waals surface area contributed by atoms with Gasteiger partial charge in [0.05, 0.1) is 5.56 Å². The maximum absolute atomic E-state index is 13.2. The van der Waals surface area contributed by atoms with Crippen molar-refractivity contribution >= 4 is 0 Å². The molecule has 0 aromatic heterocycles. The van der Waals surface area contributed by atoms with Crippen LogP contribution in [0.15, 0.2) is 18.2 Å². The summed E-state index contributed by atoms with van der Waals surface area (Å²) in [7, 11) is 0. The summed E-state index contributed by atoms with van der Waals surface area (Å²) >= 11 is 0. The molecule has 1 aliphatic carbocycles. The highest BCUT2D eigenvalue weighted by molar-refractivity contribution is 5.44. The minimum absolute atomic E-state index is 0.173. The Balaban J connectivity index is 2.50. The molecule has 0 spiro atoms. The lowest BCUT2D eigenvalue weighted by Gasteiger charge is -2.31. The number of halogens is 4. The summed E-state index contributed by atoms with van der Waals surface area (Å²) in [6.45, 7) is 5.94. The molecule has 0 saturated heterocycles. The van der Waals surface area contributed by atoms with Crippen molar-refractivity contribution in [2.24, 2.45) is 5.41 Å². The fourth-order valence-corrected chi connectivity index (χ4v) is 2.40. The summed E-state index contributed by atoms with van der Waals surface area (Å²) in [6.07, 6.45) is -1.92. The second-order valence-corrected chi connectivity index (χ2v) is 5.82. The van der Waals surface area contributed by atoms with Crippen LogP contribution in [0.2, 0.25) is 0 Å². The van der Waals surface area contributed by atoms with Crippen LogP contribution in [0.5, 0.6) is 0 Å². The van der Waals surface area contributed by atoms with Gasteiger partial charge in [0, 0.05) is 5.41 Å². The van der Waals surface area contributed by atoms with Crippen LogP contribution in [0.25, 0.3) is 0 Å². The highest BCUT2D eigenvalue weighted by Gasteiger charge is 2.53. The van der Waals surface area contributed by atoms with Gasteiger partial charge in [-0.15, -0.1) is 0 Å². The molecule has 0 aliphatic heterocycles. The number of benzene rings is 1. The van der Waals surface area contributed by atoms with Crippen molar-refractivity contribution < 1.29 is 17.6 Å². The molecule has 0 heterocycles. The van der Waals surface area contributed by atoms with Gasteiger partial charge in [-0.25, -0.2) is 4.39 Å². The average molecular weight is 259 g/mol. The Bertz CT molecular complexity index is 462. The Labute approximate surface area is 104 Å². The smallest absolute Gasteiger partial charge is 0.206 e. The fourth-order valence-electron chi connectivity index (χ4n) is 2.40. The largest absolute Gasteiger partial charge is 0.419 e. The van der Waals surface area contributed by atoms with Gasteiger partial charge in [0.15, 0.2) is 0 Å². The van der Waals surface area contributed by atoms with Gasteiger partial charge in [-0.2, -0.15) is 13.2 Å². The first-order chi connectivity index (χ1) is 8.08. The number of rotatable bonds is 1. The normalized spacial score (nSPS) is 18.8. The number of alkyl halides is 3. The lowest BCUT2D eigenvalue weighted by molar-refractivity contribution is -0.140. The van der Waals surface area contributed by atoms with Gasteiger partial charge in [0.25, 0.3) is 0 Å². The second kappa shape index (κ2) is 3.72. The molecule has 1 aromatic carbocycles. The minimum Gasteiger partial charge on any atom is -0.206 e. The van der Waals surface area contributed by atoms with E-state index in [2.05, 4.69) is 0 Å². The monoisotopic (exact) mass is 259 g/mol. The zero-order chi connectivity index (χ0) is 13.8. The Morgan fingerprint density at radius 1 is 1.11 bits per heavy atom. The highest BCUT2D eigenvalue weighted by Crippen LogP contribution is 2.59. The molecular weight excluding hydrogens is 244 g/mol. The molecule has 4 heteroatoms. The molecule has 1 atom stereocenters. The predicted octanol–water partition coefficient (Wildman–Crippen LogP) is 4.74. The van der Waals surface area contributed by atoms with E-state index in [1.54, 1.807) is 0 Å². The van der Waals surface area contributed by atoms with E-state index in [0.717, 1.165) is 18.6 Å². The van der Waals surface area contributed by atoms with E-state index in [0.29, 0.717) is 5.56 Å². The molecule has 18 heavy (non-hydrogen) atoms. The third kappa shape index (κ3) is 2.02. The molecule has 0 N–H and O–H groups in total. The summed E-state index contributed by atoms with van der Waals surface area (Å²) in [5, 5.41) is 0. The summed E-state index contributed by atoms with van der Waals surface area (Å²) in [6, 6.07) is 3.32. The van der Waals surface area contributed by atoms with E-state index in [1.807, 2.05) is 27.2 Å². The molecule has 99 valence electrons. The van der Waals surface area contributed by atoms with Crippen LogP contribution >= 0.6 is 0 Å². The Morgan fingerprint density at radius 3 is 2.06 bits per heavy atom. The third-order valence-electron chi connectivity index (χ3n) is 3.74. The summed E-state index contributed by atoms with van der Waals surface area (Å²) in [4.78, 5) is 0. The third-order valence-corrected chi connectivity index (χ3v) is 3.74. The van der Waals surface area contributed by atoms with Crippen LogP contribution in [0.1, 0.15) is 38.3 Å². The van der Waals surface area contributed by atoms with Gasteiger partial charge in [0.1, 0.15) is 5.82 Å². The van der Waals surface area contributed by atoms with E-state index < -0.39 is 17.6 Å². The Hall–Kier alpha value is -1.06. The second-order valence-electron chi connectivity index (χ2n) is 5.82. The molecule has 1 fully saturated rings. The topological polar surface area (TPSA) is 0 Å². The van der Waals surface area contributed by atoms with Crippen molar-refractivity contribution in [3.63, 3.8) is 0 Å². The molecule has 0 bridgehead atoms. The number of hydrogen-bond donors (Lipinski definition) is 0. The van der Waals surface area contributed by atoms with Crippen LogP contribution in [-0.4, -0.2) is 0 Å². The van der Waals surface area contributed by atoms with Crippen molar-refractivity contribution in [3.05, 3.63) is 41.6 Å². The first kappa shape index (κ1) is 13.4. The SMILES string of the molecule is CC(C)(C)[C@]1(c2ccc(F)c(C(F)(F)F)c2)[CH]C1. The molecule has 2 rings (SSSR count). The van der Waals surface area contributed by atoms with Crippen LogP contribution < -0.4 is 0 Å². The Kier molecular flexibility index (Phi) is 2.76. The average Bonchev–Trinajstić information content (AvgIpc) is 2.96. The zero-order valence-corrected chi connectivity index (χ0v) is 10.5. The summed E-state index contributed by atoms with van der Waals surface area (Å²) in [5.41, 5.74) is -1.17. The Morgan fingerprint density at radius 2 is 1.67 bits per heavy atom. The van der Waals surface area contributed by atoms with Crippen molar-refractivity contribution in [1.29, 1.82) is 0 Å². The first-order valence-corrected chi connectivity index (χ1v) is 5.79. The summed E-state index contributed by atoms with van der Waals surface area (Å²) < 4.78 is 51.3. The molecular formula is C14H15F4. The first-order valence-electron chi connectivity index (χ1n) is 5.79. The lowest BCUT2D eigenvalue weighted by Crippen LogP contribution is -2.27. The predicted molar refractivity (Wildman–Crippen MR) is 61.5 cm³/mol. The maximum Gasteiger partial charge on any atom is 0.419 e. The molecule has 1 radical (unpaired) electrons. The van der Waals surface area contributed by atoms with Crippen molar-refractivity contribution in [2.75, 3.05) is 0 Å². The molecule has 0 nitrogen and oxygen atoms in total. The van der Waals surface area contributed by atoms with E-state index >= 15 is 0 Å². The van der Waals surface area contributed by atoms with E-state index in [-0.39, 0.29) is 10.8 Å². The van der Waals surface area contributed by atoms with Gasteiger partial charge in [0.2, 0.25) is 0 Å². The maximum atomic E-state index is 13.2. The lowest BCUT2D eigenvalue weighted by atomic mass is 9.73. The van der Waals surface area contributed by atoms with Crippen LogP contribution in [0.4, 0.5) is 17.6 Å². The molecule has 1 aliphatic rings. The van der Waals surface area contributed by atoms with E-state index in [9.17, 15) is 17.6 Å². The molecule has 0 amide bonds. The van der Waals surface area contributed by atoms with Gasteiger partial charge < -0.3 is 0 Å². The minimum atomic E-state index is -4.64. The summed E-state index contributed by atoms with van der Waals surface area (Å²) in [5.74, 6) is -1.21. The highest BCUT2D eigenvalue weighted by atomic mass is 19.4. The van der Waals surface area contributed by atoms with Crippen LogP contribution in [-0.2, 0) is 11.6 Å². The van der Waals surface area contributed by atoms with Crippen LogP contribution in [0, 0.1) is 17.7 Å². The van der Waals surface area contributed by atoms with Gasteiger partial charge in [-0.05, 0) is 36.0 Å². The fraction of sp³-hybridized carbons (Fsp3) is 0.500. The van der Waals surface area contributed by atoms with Crippen molar-refractivity contribution in [1.82, 2.24) is 0 Å². The number of hydrogen-bond acceptors (Lipinski definition) is 0. The van der Waals surface area contributed by atoms with Crippen molar-refractivity contribution in [3.8, 4) is 0 Å². The molecule has 1 aromatic rings. The van der Waals surface area contributed by atoms with E-state index in [4.69, 9.17) is 0 Å². The zero-order valence-electron chi connectivity index (χ0n) is 10.5. The van der Waals surface area contributed by atoms with Gasteiger partial charge in [-0.3, -0.25) is 0 Å². The quantitative estimate of drug-likeness (QED) is 0.639. The molecule has 1 saturated carbocycles. The van der Waals surface area contributed by atoms with Crippen LogP contribution in [0.3, 0.4) is 0 Å². The van der Waals surface area contributed by atoms with E-state index in [1.165, 1.54) is 6.07 Å². The van der Waals surface area contributed by atoms with Gasteiger partial charge in [-0.1, -0.05) is 26.8 Å². The van der Waals surface area contributed by atoms with Crippen molar-refractivity contribution in [2.45, 2.75) is 38.8 Å². The standard InChI is InChI=1S/C14H15F4/c1-12(2,3)13(6-7-13)9-4-5-11(15)10(8-9)14(16,17)18/h4-6,8H,7H2,1-3H3/t13-/m1/s1.